The van der Waals surface area contributed by atoms with Gasteiger partial charge in [0.1, 0.15) is 5.82 Å². The van der Waals surface area contributed by atoms with Crippen LogP contribution in [0, 0.1) is 5.82 Å². The molecule has 0 amide bonds. The first-order valence-electron chi connectivity index (χ1n) is 6.91. The van der Waals surface area contributed by atoms with Crippen LogP contribution < -0.4 is 5.73 Å². The highest BCUT2D eigenvalue weighted by atomic mass is 19.1. The molecule has 0 aliphatic heterocycles. The van der Waals surface area contributed by atoms with E-state index in [0.29, 0.717) is 33.8 Å². The van der Waals surface area contributed by atoms with Gasteiger partial charge in [-0.1, -0.05) is 30.9 Å². The summed E-state index contributed by atoms with van der Waals surface area (Å²) in [7, 11) is 0. The Hall–Kier alpha value is -3.28. The second-order valence-corrected chi connectivity index (χ2v) is 4.72. The number of rotatable bonds is 4. The number of nitrogens with zero attached hydrogens (tertiary/aromatic N) is 3. The molecule has 0 unspecified atom stereocenters. The normalized spacial score (nSPS) is 12.1. The lowest BCUT2D eigenvalue weighted by molar-refractivity contribution is 0.628. The third-order valence-electron chi connectivity index (χ3n) is 3.21. The molecule has 2 aromatic heterocycles. The number of nitrogens with two attached hydrogens (primary N) is 1. The topological polar surface area (TPSA) is 80.5 Å². The van der Waals surface area contributed by atoms with E-state index in [2.05, 4.69) is 26.5 Å². The summed E-state index contributed by atoms with van der Waals surface area (Å²) >= 11 is 0. The second kappa shape index (κ2) is 6.23. The quantitative estimate of drug-likeness (QED) is 0.725. The van der Waals surface area contributed by atoms with E-state index in [1.807, 2.05) is 0 Å². The molecular weight excluding hydrogens is 293 g/mol. The third kappa shape index (κ3) is 2.87. The van der Waals surface area contributed by atoms with E-state index in [1.54, 1.807) is 30.4 Å². The van der Waals surface area contributed by atoms with E-state index >= 15 is 0 Å². The predicted molar refractivity (Wildman–Crippen MR) is 88.6 cm³/mol. The van der Waals surface area contributed by atoms with Crippen molar-refractivity contribution >= 4 is 16.9 Å². The summed E-state index contributed by atoms with van der Waals surface area (Å²) in [6.07, 6.45) is 8.00. The number of fused-ring (bicyclic) bond motifs is 1. The molecule has 0 aliphatic rings. The first-order chi connectivity index (χ1) is 11.2. The van der Waals surface area contributed by atoms with Crippen LogP contribution >= 0.6 is 0 Å². The molecule has 0 fully saturated rings. The van der Waals surface area contributed by atoms with Crippen molar-refractivity contribution in [2.75, 3.05) is 0 Å². The Morgan fingerprint density at radius 2 is 2.17 bits per heavy atom. The minimum absolute atomic E-state index is 0.346. The second-order valence-electron chi connectivity index (χ2n) is 4.72. The summed E-state index contributed by atoms with van der Waals surface area (Å²) in [4.78, 5) is 16.1. The van der Waals surface area contributed by atoms with Crippen molar-refractivity contribution in [3.8, 4) is 11.3 Å². The fraction of sp³-hybridized carbons (Fsp3) is 0. The van der Waals surface area contributed by atoms with Crippen LogP contribution in [-0.4, -0.2) is 19.9 Å². The molecule has 3 aromatic rings. The van der Waals surface area contributed by atoms with E-state index in [-0.39, 0.29) is 5.82 Å². The van der Waals surface area contributed by atoms with E-state index in [4.69, 9.17) is 5.73 Å². The van der Waals surface area contributed by atoms with Crippen LogP contribution in [0.3, 0.4) is 0 Å². The Labute approximate surface area is 132 Å². The van der Waals surface area contributed by atoms with Crippen molar-refractivity contribution in [2.24, 2.45) is 5.73 Å². The fourth-order valence-electron chi connectivity index (χ4n) is 2.25. The standard InChI is InChI=1S/C17H14FN5/c1-2-4-11(7-8-19)14-15(12-5-3-6-13(18)9-12)23-17-16(22-14)20-10-21-17/h2-10H,1,19H2,(H,20,21,22,23)/b8-7-,11-4+. The van der Waals surface area contributed by atoms with Gasteiger partial charge in [0.05, 0.1) is 17.7 Å². The molecule has 0 radical (unpaired) electrons. The van der Waals surface area contributed by atoms with Gasteiger partial charge in [0.15, 0.2) is 11.3 Å². The van der Waals surface area contributed by atoms with E-state index < -0.39 is 0 Å². The monoisotopic (exact) mass is 307 g/mol. The zero-order chi connectivity index (χ0) is 16.2. The summed E-state index contributed by atoms with van der Waals surface area (Å²) in [6.45, 7) is 3.70. The molecule has 2 heterocycles. The highest BCUT2D eigenvalue weighted by Gasteiger charge is 2.15. The summed E-state index contributed by atoms with van der Waals surface area (Å²) in [5.74, 6) is -0.346. The van der Waals surface area contributed by atoms with Gasteiger partial charge in [0.25, 0.3) is 0 Å². The molecule has 6 heteroatoms. The average Bonchev–Trinajstić information content (AvgIpc) is 3.01. The number of benzene rings is 1. The smallest absolute Gasteiger partial charge is 0.197 e. The maximum Gasteiger partial charge on any atom is 0.197 e. The maximum absolute atomic E-state index is 13.6. The molecule has 0 spiro atoms. The molecule has 1 aromatic carbocycles. The van der Waals surface area contributed by atoms with Crippen molar-refractivity contribution in [2.45, 2.75) is 0 Å². The van der Waals surface area contributed by atoms with Crippen LogP contribution in [0.5, 0.6) is 0 Å². The molecule has 0 saturated carbocycles. The number of aromatic amines is 1. The highest BCUT2D eigenvalue weighted by molar-refractivity contribution is 5.85. The summed E-state index contributed by atoms with van der Waals surface area (Å²) in [5, 5.41) is 0. The van der Waals surface area contributed by atoms with Gasteiger partial charge in [-0.2, -0.15) is 0 Å². The van der Waals surface area contributed by atoms with Gasteiger partial charge in [0, 0.05) is 11.1 Å². The number of allylic oxidation sites excluding steroid dienone is 4. The Morgan fingerprint density at radius 3 is 2.91 bits per heavy atom. The molecule has 114 valence electrons. The highest BCUT2D eigenvalue weighted by Crippen LogP contribution is 2.28. The fourth-order valence-corrected chi connectivity index (χ4v) is 2.25. The molecular formula is C17H14FN5. The van der Waals surface area contributed by atoms with Gasteiger partial charge < -0.3 is 10.7 Å². The molecule has 5 nitrogen and oxygen atoms in total. The van der Waals surface area contributed by atoms with Gasteiger partial charge in [0.2, 0.25) is 0 Å². The molecule has 0 saturated heterocycles. The van der Waals surface area contributed by atoms with Gasteiger partial charge in [-0.25, -0.2) is 19.3 Å². The number of imidazole rings is 1. The lowest BCUT2D eigenvalue weighted by Gasteiger charge is -2.09. The first-order valence-corrected chi connectivity index (χ1v) is 6.91. The summed E-state index contributed by atoms with van der Waals surface area (Å²) in [6, 6.07) is 6.18. The average molecular weight is 307 g/mol. The summed E-state index contributed by atoms with van der Waals surface area (Å²) in [5.41, 5.74) is 8.93. The zero-order valence-corrected chi connectivity index (χ0v) is 12.2. The number of hydrogen-bond donors (Lipinski definition) is 2. The molecule has 0 aliphatic carbocycles. The number of aromatic nitrogens is 4. The largest absolute Gasteiger partial charge is 0.405 e. The van der Waals surface area contributed by atoms with E-state index in [0.717, 1.165) is 0 Å². The SMILES string of the molecule is C=C/C=C(\C=C/N)c1nc2[nH]cnc2nc1-c1cccc(F)c1. The Balaban J connectivity index is 2.31. The lowest BCUT2D eigenvalue weighted by atomic mass is 10.0. The van der Waals surface area contributed by atoms with Gasteiger partial charge in [-0.3, -0.25) is 0 Å². The van der Waals surface area contributed by atoms with Crippen molar-refractivity contribution < 1.29 is 4.39 Å². The van der Waals surface area contributed by atoms with Crippen LogP contribution in [0.15, 0.2) is 61.6 Å². The third-order valence-corrected chi connectivity index (χ3v) is 3.21. The summed E-state index contributed by atoms with van der Waals surface area (Å²) < 4.78 is 13.6. The Bertz CT molecular complexity index is 924. The predicted octanol–water partition coefficient (Wildman–Crippen LogP) is 3.20. The number of H-pyrrole nitrogens is 1. The van der Waals surface area contributed by atoms with Crippen LogP contribution in [0.25, 0.3) is 28.1 Å². The van der Waals surface area contributed by atoms with E-state index in [9.17, 15) is 4.39 Å². The van der Waals surface area contributed by atoms with Crippen LogP contribution in [-0.2, 0) is 0 Å². The molecule has 3 N–H and O–H groups in total. The van der Waals surface area contributed by atoms with Crippen molar-refractivity contribution in [1.82, 2.24) is 19.9 Å². The Kier molecular flexibility index (Phi) is 3.97. The minimum Gasteiger partial charge on any atom is -0.405 e. The lowest BCUT2D eigenvalue weighted by Crippen LogP contribution is -1.98. The van der Waals surface area contributed by atoms with Crippen molar-refractivity contribution in [3.63, 3.8) is 0 Å². The van der Waals surface area contributed by atoms with Crippen LogP contribution in [0.1, 0.15) is 5.69 Å². The Morgan fingerprint density at radius 1 is 1.30 bits per heavy atom. The first kappa shape index (κ1) is 14.6. The number of nitrogens with one attached hydrogen (secondary N) is 1. The van der Waals surface area contributed by atoms with Crippen molar-refractivity contribution in [1.29, 1.82) is 0 Å². The van der Waals surface area contributed by atoms with Crippen LogP contribution in [0.2, 0.25) is 0 Å². The molecule has 0 atom stereocenters. The zero-order valence-electron chi connectivity index (χ0n) is 12.2. The molecule has 3 rings (SSSR count). The van der Waals surface area contributed by atoms with E-state index in [1.165, 1.54) is 24.7 Å². The molecule has 23 heavy (non-hydrogen) atoms. The van der Waals surface area contributed by atoms with Gasteiger partial charge in [-0.15, -0.1) is 0 Å². The number of hydrogen-bond acceptors (Lipinski definition) is 4. The van der Waals surface area contributed by atoms with Gasteiger partial charge >= 0.3 is 0 Å². The van der Waals surface area contributed by atoms with Crippen LogP contribution in [0.4, 0.5) is 4.39 Å². The number of halogens is 1. The maximum atomic E-state index is 13.6. The molecule has 0 bridgehead atoms. The minimum atomic E-state index is -0.346. The van der Waals surface area contributed by atoms with Gasteiger partial charge in [-0.05, 0) is 24.4 Å². The van der Waals surface area contributed by atoms with Crippen molar-refractivity contribution in [3.05, 3.63) is 73.1 Å².